The van der Waals surface area contributed by atoms with Gasteiger partial charge in [-0.05, 0) is 12.1 Å². The smallest absolute Gasteiger partial charge is 0.180 e. The molecule has 2 aromatic heterocycles. The first-order valence-electron chi connectivity index (χ1n) is 6.49. The molecule has 0 radical (unpaired) electrons. The zero-order valence-corrected chi connectivity index (χ0v) is 12.6. The SMILES string of the molecule is Cc1nonc1C(=NOCc1csc(N)n1)c1ccccc1. The fourth-order valence-corrected chi connectivity index (χ4v) is 2.37. The molecule has 2 heterocycles. The highest BCUT2D eigenvalue weighted by Crippen LogP contribution is 2.14. The highest BCUT2D eigenvalue weighted by Gasteiger charge is 2.16. The average Bonchev–Trinajstić information content (AvgIpc) is 3.13. The summed E-state index contributed by atoms with van der Waals surface area (Å²) in [6.07, 6.45) is 0. The van der Waals surface area contributed by atoms with E-state index < -0.39 is 0 Å². The fourth-order valence-electron chi connectivity index (χ4n) is 1.83. The summed E-state index contributed by atoms with van der Waals surface area (Å²) in [5.41, 5.74) is 8.92. The van der Waals surface area contributed by atoms with Gasteiger partial charge in [0, 0.05) is 10.9 Å². The number of nitrogens with two attached hydrogens (primary N) is 1. The van der Waals surface area contributed by atoms with Crippen LogP contribution in [0.5, 0.6) is 0 Å². The molecule has 22 heavy (non-hydrogen) atoms. The van der Waals surface area contributed by atoms with E-state index in [9.17, 15) is 0 Å². The Morgan fingerprint density at radius 2 is 2.14 bits per heavy atom. The average molecular weight is 315 g/mol. The summed E-state index contributed by atoms with van der Waals surface area (Å²) < 4.78 is 4.75. The van der Waals surface area contributed by atoms with E-state index in [0.29, 0.717) is 22.2 Å². The van der Waals surface area contributed by atoms with Crippen molar-refractivity contribution >= 4 is 22.2 Å². The molecule has 2 N–H and O–H groups in total. The Morgan fingerprint density at radius 1 is 1.32 bits per heavy atom. The molecule has 8 heteroatoms. The number of nitrogen functional groups attached to an aromatic ring is 1. The molecular weight excluding hydrogens is 302 g/mol. The highest BCUT2D eigenvalue weighted by atomic mass is 32.1. The van der Waals surface area contributed by atoms with Gasteiger partial charge in [0.15, 0.2) is 17.4 Å². The monoisotopic (exact) mass is 315 g/mol. The molecule has 112 valence electrons. The number of oxime groups is 1. The van der Waals surface area contributed by atoms with Crippen molar-refractivity contribution in [3.05, 3.63) is 58.4 Å². The molecule has 0 fully saturated rings. The van der Waals surface area contributed by atoms with Crippen molar-refractivity contribution in [3.8, 4) is 0 Å². The molecule has 0 unspecified atom stereocenters. The predicted octanol–water partition coefficient (Wildman–Crippen LogP) is 2.39. The number of nitrogens with zero attached hydrogens (tertiary/aromatic N) is 4. The first-order valence-corrected chi connectivity index (χ1v) is 7.37. The van der Waals surface area contributed by atoms with Gasteiger partial charge in [0.25, 0.3) is 0 Å². The van der Waals surface area contributed by atoms with Crippen LogP contribution >= 0.6 is 11.3 Å². The molecule has 0 aliphatic rings. The quantitative estimate of drug-likeness (QED) is 0.573. The maximum absolute atomic E-state index is 5.58. The summed E-state index contributed by atoms with van der Waals surface area (Å²) >= 11 is 1.36. The van der Waals surface area contributed by atoms with Crippen molar-refractivity contribution in [1.29, 1.82) is 0 Å². The molecule has 7 nitrogen and oxygen atoms in total. The summed E-state index contributed by atoms with van der Waals surface area (Å²) in [5.74, 6) is 0. The van der Waals surface area contributed by atoms with Crippen LogP contribution in [-0.4, -0.2) is 21.0 Å². The Hall–Kier alpha value is -2.74. The Kier molecular flexibility index (Phi) is 4.10. The van der Waals surface area contributed by atoms with Gasteiger partial charge in [-0.25, -0.2) is 9.61 Å². The van der Waals surface area contributed by atoms with Gasteiger partial charge >= 0.3 is 0 Å². The van der Waals surface area contributed by atoms with Crippen LogP contribution in [0.15, 0.2) is 45.5 Å². The summed E-state index contributed by atoms with van der Waals surface area (Å²) in [6, 6.07) is 9.58. The van der Waals surface area contributed by atoms with E-state index >= 15 is 0 Å². The van der Waals surface area contributed by atoms with Crippen molar-refractivity contribution in [2.24, 2.45) is 5.16 Å². The molecule has 0 aliphatic heterocycles. The molecule has 3 aromatic rings. The lowest BCUT2D eigenvalue weighted by atomic mass is 10.1. The van der Waals surface area contributed by atoms with Crippen LogP contribution in [0.4, 0.5) is 5.13 Å². The summed E-state index contributed by atoms with van der Waals surface area (Å²) in [6.45, 7) is 2.03. The normalized spacial score (nSPS) is 11.6. The molecule has 0 aliphatic carbocycles. The minimum Gasteiger partial charge on any atom is -0.389 e. The number of aryl methyl sites for hydroxylation is 1. The van der Waals surface area contributed by atoms with Gasteiger partial charge in [0.1, 0.15) is 11.4 Å². The van der Waals surface area contributed by atoms with Crippen LogP contribution in [-0.2, 0) is 11.4 Å². The molecule has 0 saturated heterocycles. The molecule has 0 saturated carbocycles. The number of anilines is 1. The van der Waals surface area contributed by atoms with Gasteiger partial charge < -0.3 is 10.6 Å². The van der Waals surface area contributed by atoms with E-state index in [1.807, 2.05) is 35.7 Å². The largest absolute Gasteiger partial charge is 0.389 e. The van der Waals surface area contributed by atoms with Gasteiger partial charge in [-0.3, -0.25) is 0 Å². The van der Waals surface area contributed by atoms with Crippen molar-refractivity contribution in [2.45, 2.75) is 13.5 Å². The van der Waals surface area contributed by atoms with E-state index in [4.69, 9.17) is 15.2 Å². The summed E-state index contributed by atoms with van der Waals surface area (Å²) in [5, 5.41) is 14.2. The van der Waals surface area contributed by atoms with Crippen LogP contribution in [0.3, 0.4) is 0 Å². The number of aromatic nitrogens is 3. The third kappa shape index (κ3) is 3.12. The van der Waals surface area contributed by atoms with E-state index in [1.54, 1.807) is 6.92 Å². The number of thiazole rings is 1. The third-order valence-electron chi connectivity index (χ3n) is 2.86. The Morgan fingerprint density at radius 3 is 2.77 bits per heavy atom. The number of benzene rings is 1. The number of hydrogen-bond donors (Lipinski definition) is 1. The molecular formula is C14H13N5O2S. The van der Waals surface area contributed by atoms with Crippen LogP contribution in [0.25, 0.3) is 0 Å². The van der Waals surface area contributed by atoms with E-state index in [-0.39, 0.29) is 6.61 Å². The fraction of sp³-hybridized carbons (Fsp3) is 0.143. The first kappa shape index (κ1) is 14.2. The number of hydrogen-bond acceptors (Lipinski definition) is 8. The van der Waals surface area contributed by atoms with Gasteiger partial charge in [0.2, 0.25) is 0 Å². The second-order valence-corrected chi connectivity index (χ2v) is 5.34. The molecule has 1 aromatic carbocycles. The molecule has 0 amide bonds. The van der Waals surface area contributed by atoms with Crippen molar-refractivity contribution < 1.29 is 9.47 Å². The Bertz CT molecular complexity index is 781. The van der Waals surface area contributed by atoms with E-state index in [1.165, 1.54) is 11.3 Å². The zero-order valence-electron chi connectivity index (χ0n) is 11.8. The summed E-state index contributed by atoms with van der Waals surface area (Å²) in [4.78, 5) is 9.51. The maximum Gasteiger partial charge on any atom is 0.180 e. The van der Waals surface area contributed by atoms with Gasteiger partial charge in [-0.1, -0.05) is 40.6 Å². The first-order chi connectivity index (χ1) is 10.7. The lowest BCUT2D eigenvalue weighted by Gasteiger charge is -2.04. The Labute approximate surface area is 130 Å². The van der Waals surface area contributed by atoms with Crippen molar-refractivity contribution in [1.82, 2.24) is 15.3 Å². The highest BCUT2D eigenvalue weighted by molar-refractivity contribution is 7.13. The van der Waals surface area contributed by atoms with Gasteiger partial charge in [-0.2, -0.15) is 0 Å². The predicted molar refractivity (Wildman–Crippen MR) is 82.4 cm³/mol. The lowest BCUT2D eigenvalue weighted by Crippen LogP contribution is -2.07. The summed E-state index contributed by atoms with van der Waals surface area (Å²) in [7, 11) is 0. The second kappa shape index (κ2) is 6.35. The molecule has 0 atom stereocenters. The molecule has 0 bridgehead atoms. The van der Waals surface area contributed by atoms with Crippen molar-refractivity contribution in [3.63, 3.8) is 0 Å². The Balaban J connectivity index is 1.85. The number of rotatable bonds is 5. The zero-order chi connectivity index (χ0) is 15.4. The standard InChI is InChI=1S/C14H13N5O2S/c1-9-12(19-21-17-9)13(10-5-3-2-4-6-10)18-20-7-11-8-22-14(15)16-11/h2-6,8H,7H2,1H3,(H2,15,16). The van der Waals surface area contributed by atoms with Gasteiger partial charge in [-0.15, -0.1) is 11.3 Å². The van der Waals surface area contributed by atoms with E-state index in [2.05, 4.69) is 20.5 Å². The maximum atomic E-state index is 5.58. The van der Waals surface area contributed by atoms with Crippen molar-refractivity contribution in [2.75, 3.05) is 5.73 Å². The van der Waals surface area contributed by atoms with Crippen LogP contribution in [0.1, 0.15) is 22.6 Å². The molecule has 3 rings (SSSR count). The van der Waals surface area contributed by atoms with Crippen LogP contribution < -0.4 is 5.73 Å². The minimum atomic E-state index is 0.231. The minimum absolute atomic E-state index is 0.231. The van der Waals surface area contributed by atoms with Crippen LogP contribution in [0.2, 0.25) is 0 Å². The van der Waals surface area contributed by atoms with Gasteiger partial charge in [0.05, 0.1) is 5.69 Å². The lowest BCUT2D eigenvalue weighted by molar-refractivity contribution is 0.128. The topological polar surface area (TPSA) is 99.4 Å². The third-order valence-corrected chi connectivity index (χ3v) is 3.58. The molecule has 0 spiro atoms. The van der Waals surface area contributed by atoms with E-state index in [0.717, 1.165) is 11.3 Å². The van der Waals surface area contributed by atoms with Crippen LogP contribution in [0, 0.1) is 6.92 Å². The second-order valence-electron chi connectivity index (χ2n) is 4.45.